The molecule has 1 amide bonds. The number of hydrogen-bond donors (Lipinski definition) is 1. The zero-order valence-corrected chi connectivity index (χ0v) is 9.49. The second-order valence-electron chi connectivity index (χ2n) is 4.15. The van der Waals surface area contributed by atoms with Crippen LogP contribution in [0.3, 0.4) is 0 Å². The van der Waals surface area contributed by atoms with Crippen LogP contribution < -0.4 is 10.1 Å². The van der Waals surface area contributed by atoms with Crippen LogP contribution in [0.5, 0.6) is 5.75 Å². The van der Waals surface area contributed by atoms with Gasteiger partial charge in [-0.2, -0.15) is 4.39 Å². The van der Waals surface area contributed by atoms with E-state index < -0.39 is 5.95 Å². The molecule has 2 rings (SSSR count). The molecule has 0 atom stereocenters. The van der Waals surface area contributed by atoms with Gasteiger partial charge in [-0.05, 0) is 25.0 Å². The number of nitrogens with zero attached hydrogens (tertiary/aromatic N) is 1. The van der Waals surface area contributed by atoms with E-state index in [0.717, 1.165) is 12.8 Å². The van der Waals surface area contributed by atoms with Crippen molar-refractivity contribution in [1.82, 2.24) is 10.3 Å². The Morgan fingerprint density at radius 3 is 2.88 bits per heavy atom. The van der Waals surface area contributed by atoms with Crippen molar-refractivity contribution in [2.24, 2.45) is 0 Å². The average molecular weight is 238 g/mol. The van der Waals surface area contributed by atoms with E-state index in [9.17, 15) is 9.18 Å². The summed E-state index contributed by atoms with van der Waals surface area (Å²) in [7, 11) is 0. The third-order valence-corrected chi connectivity index (χ3v) is 2.79. The van der Waals surface area contributed by atoms with Gasteiger partial charge in [0.05, 0.1) is 6.20 Å². The molecule has 1 aromatic heterocycles. The normalized spacial score (nSPS) is 15.8. The van der Waals surface area contributed by atoms with E-state index in [1.807, 2.05) is 0 Å². The fourth-order valence-corrected chi connectivity index (χ4v) is 1.94. The van der Waals surface area contributed by atoms with Gasteiger partial charge in [0.15, 0.2) is 6.61 Å². The smallest absolute Gasteiger partial charge is 0.258 e. The summed E-state index contributed by atoms with van der Waals surface area (Å²) in [6.45, 7) is -0.0518. The van der Waals surface area contributed by atoms with Crippen LogP contribution in [0.2, 0.25) is 0 Å². The first-order valence-corrected chi connectivity index (χ1v) is 5.78. The highest BCUT2D eigenvalue weighted by Gasteiger charge is 2.17. The van der Waals surface area contributed by atoms with Crippen LogP contribution in [-0.2, 0) is 4.79 Å². The molecule has 0 aliphatic heterocycles. The lowest BCUT2D eigenvalue weighted by Gasteiger charge is -2.12. The molecule has 0 aromatic carbocycles. The molecule has 0 radical (unpaired) electrons. The molecule has 4 nitrogen and oxygen atoms in total. The molecule has 92 valence electrons. The molecular formula is C12H15FN2O2. The predicted octanol–water partition coefficient (Wildman–Crippen LogP) is 1.66. The van der Waals surface area contributed by atoms with Crippen LogP contribution in [-0.4, -0.2) is 23.5 Å². The van der Waals surface area contributed by atoms with E-state index in [1.165, 1.54) is 31.2 Å². The van der Waals surface area contributed by atoms with Crippen molar-refractivity contribution in [1.29, 1.82) is 0 Å². The number of hydrogen-bond acceptors (Lipinski definition) is 3. The van der Waals surface area contributed by atoms with Gasteiger partial charge in [-0.25, -0.2) is 4.98 Å². The van der Waals surface area contributed by atoms with Gasteiger partial charge in [0.1, 0.15) is 5.75 Å². The zero-order valence-electron chi connectivity index (χ0n) is 9.49. The lowest BCUT2D eigenvalue weighted by Crippen LogP contribution is -2.36. The summed E-state index contributed by atoms with van der Waals surface area (Å²) in [4.78, 5) is 14.9. The average Bonchev–Trinajstić information content (AvgIpc) is 2.81. The van der Waals surface area contributed by atoms with Crippen molar-refractivity contribution in [3.63, 3.8) is 0 Å². The number of nitrogens with one attached hydrogen (secondary N) is 1. The quantitative estimate of drug-likeness (QED) is 0.811. The number of carbonyl (C=O) groups is 1. The van der Waals surface area contributed by atoms with E-state index in [4.69, 9.17) is 4.74 Å². The predicted molar refractivity (Wildman–Crippen MR) is 60.1 cm³/mol. The highest BCUT2D eigenvalue weighted by atomic mass is 19.1. The molecule has 1 saturated carbocycles. The molecule has 0 unspecified atom stereocenters. The van der Waals surface area contributed by atoms with Gasteiger partial charge in [0.25, 0.3) is 5.91 Å². The fraction of sp³-hybridized carbons (Fsp3) is 0.500. The Labute approximate surface area is 99.2 Å². The molecule has 1 aliphatic carbocycles. The van der Waals surface area contributed by atoms with E-state index in [-0.39, 0.29) is 18.6 Å². The second kappa shape index (κ2) is 5.61. The standard InChI is InChI=1S/C12H15FN2O2/c13-11-6-5-10(7-14-11)17-8-12(16)15-9-3-1-2-4-9/h5-7,9H,1-4,8H2,(H,15,16). The number of rotatable bonds is 4. The Morgan fingerprint density at radius 2 is 2.24 bits per heavy atom. The summed E-state index contributed by atoms with van der Waals surface area (Å²) in [5.74, 6) is -0.304. The van der Waals surface area contributed by atoms with Crippen LogP contribution in [0.15, 0.2) is 18.3 Å². The molecule has 1 aromatic rings. The number of halogens is 1. The Hall–Kier alpha value is -1.65. The van der Waals surface area contributed by atoms with Crippen LogP contribution >= 0.6 is 0 Å². The topological polar surface area (TPSA) is 51.2 Å². The lowest BCUT2D eigenvalue weighted by atomic mass is 10.2. The molecule has 0 bridgehead atoms. The molecule has 1 fully saturated rings. The maximum atomic E-state index is 12.5. The lowest BCUT2D eigenvalue weighted by molar-refractivity contribution is -0.123. The second-order valence-corrected chi connectivity index (χ2v) is 4.15. The monoisotopic (exact) mass is 238 g/mol. The minimum absolute atomic E-state index is 0.0518. The Balaban J connectivity index is 1.73. The number of aromatic nitrogens is 1. The van der Waals surface area contributed by atoms with Gasteiger partial charge >= 0.3 is 0 Å². The summed E-state index contributed by atoms with van der Waals surface area (Å²) in [6.07, 6.45) is 5.70. The highest BCUT2D eigenvalue weighted by molar-refractivity contribution is 5.77. The highest BCUT2D eigenvalue weighted by Crippen LogP contribution is 2.17. The summed E-state index contributed by atoms with van der Waals surface area (Å²) < 4.78 is 17.7. The third kappa shape index (κ3) is 3.69. The van der Waals surface area contributed by atoms with Crippen molar-refractivity contribution < 1.29 is 13.9 Å². The number of pyridine rings is 1. The molecular weight excluding hydrogens is 223 g/mol. The summed E-state index contributed by atoms with van der Waals surface area (Å²) in [5, 5.41) is 2.90. The molecule has 1 heterocycles. The molecule has 5 heteroatoms. The fourth-order valence-electron chi connectivity index (χ4n) is 1.94. The van der Waals surface area contributed by atoms with Crippen molar-refractivity contribution >= 4 is 5.91 Å². The van der Waals surface area contributed by atoms with Crippen molar-refractivity contribution in [2.75, 3.05) is 6.61 Å². The maximum Gasteiger partial charge on any atom is 0.258 e. The van der Waals surface area contributed by atoms with Crippen molar-refractivity contribution in [3.8, 4) is 5.75 Å². The molecule has 17 heavy (non-hydrogen) atoms. The SMILES string of the molecule is O=C(COc1ccc(F)nc1)NC1CCCC1. The first-order valence-electron chi connectivity index (χ1n) is 5.78. The molecule has 0 spiro atoms. The van der Waals surface area contributed by atoms with Crippen molar-refractivity contribution in [2.45, 2.75) is 31.7 Å². The van der Waals surface area contributed by atoms with E-state index in [0.29, 0.717) is 5.75 Å². The summed E-state index contributed by atoms with van der Waals surface area (Å²) >= 11 is 0. The van der Waals surface area contributed by atoms with Crippen LogP contribution in [0.1, 0.15) is 25.7 Å². The Bertz CT molecular complexity index is 375. The third-order valence-electron chi connectivity index (χ3n) is 2.79. The number of ether oxygens (including phenoxy) is 1. The van der Waals surface area contributed by atoms with E-state index >= 15 is 0 Å². The van der Waals surface area contributed by atoms with Crippen LogP contribution in [0.25, 0.3) is 0 Å². The van der Waals surface area contributed by atoms with Gasteiger partial charge in [-0.3, -0.25) is 4.79 Å². The summed E-state index contributed by atoms with van der Waals surface area (Å²) in [5.41, 5.74) is 0. The van der Waals surface area contributed by atoms with Gasteiger partial charge in [0, 0.05) is 6.04 Å². The Morgan fingerprint density at radius 1 is 1.47 bits per heavy atom. The number of carbonyl (C=O) groups excluding carboxylic acids is 1. The Kier molecular flexibility index (Phi) is 3.90. The van der Waals surface area contributed by atoms with E-state index in [2.05, 4.69) is 10.3 Å². The largest absolute Gasteiger partial charge is 0.482 e. The minimum atomic E-state index is -0.562. The summed E-state index contributed by atoms with van der Waals surface area (Å²) in [6, 6.07) is 2.94. The zero-order chi connectivity index (χ0) is 12.1. The minimum Gasteiger partial charge on any atom is -0.482 e. The molecule has 1 aliphatic rings. The first-order chi connectivity index (χ1) is 8.24. The maximum absolute atomic E-state index is 12.5. The van der Waals surface area contributed by atoms with Crippen LogP contribution in [0, 0.1) is 5.95 Å². The van der Waals surface area contributed by atoms with Gasteiger partial charge in [0.2, 0.25) is 5.95 Å². The van der Waals surface area contributed by atoms with Gasteiger partial charge < -0.3 is 10.1 Å². The van der Waals surface area contributed by atoms with E-state index in [1.54, 1.807) is 0 Å². The van der Waals surface area contributed by atoms with Crippen LogP contribution in [0.4, 0.5) is 4.39 Å². The van der Waals surface area contributed by atoms with Crippen molar-refractivity contribution in [3.05, 3.63) is 24.3 Å². The first kappa shape index (κ1) is 11.8. The van der Waals surface area contributed by atoms with Gasteiger partial charge in [-0.15, -0.1) is 0 Å². The molecule has 0 saturated heterocycles. The number of amides is 1. The van der Waals surface area contributed by atoms with Gasteiger partial charge in [-0.1, -0.05) is 12.8 Å². The molecule has 1 N–H and O–H groups in total.